The Morgan fingerprint density at radius 1 is 1.10 bits per heavy atom. The Hall–Kier alpha value is -1.80. The first kappa shape index (κ1) is 17.3. The molecule has 1 amide bonds. The SMILES string of the molecule is O=C(NCCCC(F)(F)F)c1ccc(F)c(C(F)(F)F)c1. The lowest BCUT2D eigenvalue weighted by atomic mass is 10.1. The Morgan fingerprint density at radius 3 is 2.24 bits per heavy atom. The van der Waals surface area contributed by atoms with E-state index < -0.39 is 48.0 Å². The smallest absolute Gasteiger partial charge is 0.352 e. The second kappa shape index (κ2) is 6.31. The summed E-state index contributed by atoms with van der Waals surface area (Å²) in [6.45, 7) is -0.350. The Kier molecular flexibility index (Phi) is 5.19. The van der Waals surface area contributed by atoms with Crippen LogP contribution in [0, 0.1) is 5.82 Å². The molecule has 2 nitrogen and oxygen atoms in total. The average molecular weight is 317 g/mol. The maximum atomic E-state index is 13.0. The molecule has 1 rings (SSSR count). The van der Waals surface area contributed by atoms with E-state index in [1.165, 1.54) is 0 Å². The third-order valence-electron chi connectivity index (χ3n) is 2.46. The van der Waals surface area contributed by atoms with Gasteiger partial charge >= 0.3 is 12.4 Å². The number of carbonyl (C=O) groups is 1. The zero-order valence-electron chi connectivity index (χ0n) is 10.4. The van der Waals surface area contributed by atoms with Crippen LogP contribution < -0.4 is 5.32 Å². The Bertz CT molecular complexity index is 507. The predicted molar refractivity (Wildman–Crippen MR) is 59.0 cm³/mol. The van der Waals surface area contributed by atoms with Gasteiger partial charge in [-0.25, -0.2) is 4.39 Å². The molecule has 0 radical (unpaired) electrons. The van der Waals surface area contributed by atoms with Gasteiger partial charge in [-0.05, 0) is 24.6 Å². The van der Waals surface area contributed by atoms with Crippen molar-refractivity contribution < 1.29 is 35.5 Å². The van der Waals surface area contributed by atoms with Crippen LogP contribution in [-0.4, -0.2) is 18.6 Å². The van der Waals surface area contributed by atoms with Crippen LogP contribution in [0.5, 0.6) is 0 Å². The van der Waals surface area contributed by atoms with E-state index in [1.807, 2.05) is 5.32 Å². The Balaban J connectivity index is 2.67. The standard InChI is InChI=1S/C12H10F7NO/c13-9-3-2-7(6-8(9)12(17,18)19)10(21)20-5-1-4-11(14,15)16/h2-3,6H,1,4-5H2,(H,20,21). The minimum Gasteiger partial charge on any atom is -0.352 e. The fraction of sp³-hybridized carbons (Fsp3) is 0.417. The van der Waals surface area contributed by atoms with Crippen molar-refractivity contribution in [1.29, 1.82) is 0 Å². The van der Waals surface area contributed by atoms with E-state index in [-0.39, 0.29) is 6.54 Å². The van der Waals surface area contributed by atoms with Crippen LogP contribution in [-0.2, 0) is 6.18 Å². The van der Waals surface area contributed by atoms with Gasteiger partial charge in [0.15, 0.2) is 0 Å². The van der Waals surface area contributed by atoms with E-state index in [0.717, 1.165) is 6.07 Å². The summed E-state index contributed by atoms with van der Waals surface area (Å²) in [6.07, 6.45) is -10.9. The number of nitrogens with one attached hydrogen (secondary N) is 1. The van der Waals surface area contributed by atoms with Gasteiger partial charge < -0.3 is 5.32 Å². The summed E-state index contributed by atoms with van der Waals surface area (Å²) in [5, 5.41) is 2.04. The molecule has 0 aromatic heterocycles. The first-order chi connectivity index (χ1) is 9.50. The Morgan fingerprint density at radius 2 is 1.71 bits per heavy atom. The van der Waals surface area contributed by atoms with Crippen LogP contribution in [0.25, 0.3) is 0 Å². The topological polar surface area (TPSA) is 29.1 Å². The van der Waals surface area contributed by atoms with Gasteiger partial charge in [-0.1, -0.05) is 0 Å². The first-order valence-corrected chi connectivity index (χ1v) is 5.72. The van der Waals surface area contributed by atoms with E-state index in [4.69, 9.17) is 0 Å². The third kappa shape index (κ3) is 5.60. The minimum atomic E-state index is -4.96. The molecule has 1 aromatic carbocycles. The van der Waals surface area contributed by atoms with Gasteiger partial charge in [0, 0.05) is 18.5 Å². The molecule has 0 saturated heterocycles. The number of carbonyl (C=O) groups excluding carboxylic acids is 1. The summed E-state index contributed by atoms with van der Waals surface area (Å²) >= 11 is 0. The molecule has 0 heterocycles. The molecule has 0 unspecified atom stereocenters. The molecule has 1 N–H and O–H groups in total. The summed E-state index contributed by atoms with van der Waals surface area (Å²) in [5.74, 6) is -2.53. The van der Waals surface area contributed by atoms with Crippen molar-refractivity contribution in [1.82, 2.24) is 5.32 Å². The van der Waals surface area contributed by atoms with Crippen LogP contribution >= 0.6 is 0 Å². The lowest BCUT2D eigenvalue weighted by Crippen LogP contribution is -2.26. The first-order valence-electron chi connectivity index (χ1n) is 5.72. The maximum Gasteiger partial charge on any atom is 0.419 e. The molecule has 9 heteroatoms. The van der Waals surface area contributed by atoms with Gasteiger partial charge in [-0.15, -0.1) is 0 Å². The van der Waals surface area contributed by atoms with Crippen molar-refractivity contribution in [3.63, 3.8) is 0 Å². The van der Waals surface area contributed by atoms with E-state index in [1.54, 1.807) is 0 Å². The van der Waals surface area contributed by atoms with Gasteiger partial charge in [-0.3, -0.25) is 4.79 Å². The molecule has 0 fully saturated rings. The number of rotatable bonds is 4. The maximum absolute atomic E-state index is 13.0. The largest absolute Gasteiger partial charge is 0.419 e. The molecule has 0 bridgehead atoms. The van der Waals surface area contributed by atoms with E-state index in [2.05, 4.69) is 0 Å². The van der Waals surface area contributed by atoms with Crippen LogP contribution in [0.1, 0.15) is 28.8 Å². The monoisotopic (exact) mass is 317 g/mol. The number of hydrogen-bond donors (Lipinski definition) is 1. The fourth-order valence-electron chi connectivity index (χ4n) is 1.48. The third-order valence-corrected chi connectivity index (χ3v) is 2.46. The molecular formula is C12H10F7NO. The van der Waals surface area contributed by atoms with Crippen LogP contribution in [0.3, 0.4) is 0 Å². The molecule has 118 valence electrons. The molecule has 0 spiro atoms. The van der Waals surface area contributed by atoms with E-state index in [9.17, 15) is 35.5 Å². The van der Waals surface area contributed by atoms with Gasteiger partial charge in [0.1, 0.15) is 5.82 Å². The zero-order chi connectivity index (χ0) is 16.3. The molecule has 21 heavy (non-hydrogen) atoms. The summed E-state index contributed by atoms with van der Waals surface area (Å²) in [4.78, 5) is 11.5. The quantitative estimate of drug-likeness (QED) is 0.662. The van der Waals surface area contributed by atoms with Crippen LogP contribution in [0.2, 0.25) is 0 Å². The van der Waals surface area contributed by atoms with Gasteiger partial charge in [-0.2, -0.15) is 26.3 Å². The molecule has 0 atom stereocenters. The number of amides is 1. The summed E-state index contributed by atoms with van der Waals surface area (Å²) < 4.78 is 85.8. The van der Waals surface area contributed by atoms with Crippen molar-refractivity contribution >= 4 is 5.91 Å². The molecule has 0 aliphatic rings. The van der Waals surface area contributed by atoms with Crippen molar-refractivity contribution in [2.24, 2.45) is 0 Å². The zero-order valence-corrected chi connectivity index (χ0v) is 10.4. The number of alkyl halides is 6. The lowest BCUT2D eigenvalue weighted by Gasteiger charge is -2.11. The number of halogens is 7. The van der Waals surface area contributed by atoms with Crippen molar-refractivity contribution in [2.45, 2.75) is 25.2 Å². The van der Waals surface area contributed by atoms with Crippen LogP contribution in [0.4, 0.5) is 30.7 Å². The minimum absolute atomic E-state index is 0.314. The van der Waals surface area contributed by atoms with Gasteiger partial charge in [0.05, 0.1) is 5.56 Å². The summed E-state index contributed by atoms with van der Waals surface area (Å²) in [5.41, 5.74) is -2.08. The second-order valence-electron chi connectivity index (χ2n) is 4.17. The van der Waals surface area contributed by atoms with Gasteiger partial charge in [0.2, 0.25) is 0 Å². The molecular weight excluding hydrogens is 307 g/mol. The highest BCUT2D eigenvalue weighted by Gasteiger charge is 2.34. The van der Waals surface area contributed by atoms with E-state index in [0.29, 0.717) is 12.1 Å². The fourth-order valence-corrected chi connectivity index (χ4v) is 1.48. The lowest BCUT2D eigenvalue weighted by molar-refractivity contribution is -0.140. The number of benzene rings is 1. The summed E-state index contributed by atoms with van der Waals surface area (Å²) in [6, 6.07) is 1.62. The molecule has 0 aliphatic heterocycles. The van der Waals surface area contributed by atoms with Crippen molar-refractivity contribution in [2.75, 3.05) is 6.54 Å². The number of hydrogen-bond acceptors (Lipinski definition) is 1. The Labute approximate surface area is 114 Å². The van der Waals surface area contributed by atoms with Gasteiger partial charge in [0.25, 0.3) is 5.91 Å². The molecule has 0 aliphatic carbocycles. The molecule has 0 saturated carbocycles. The second-order valence-corrected chi connectivity index (χ2v) is 4.17. The van der Waals surface area contributed by atoms with E-state index >= 15 is 0 Å². The van der Waals surface area contributed by atoms with Crippen molar-refractivity contribution in [3.8, 4) is 0 Å². The molecule has 1 aromatic rings. The highest BCUT2D eigenvalue weighted by Crippen LogP contribution is 2.31. The van der Waals surface area contributed by atoms with Crippen LogP contribution in [0.15, 0.2) is 18.2 Å². The summed E-state index contributed by atoms with van der Waals surface area (Å²) in [7, 11) is 0. The highest BCUT2D eigenvalue weighted by atomic mass is 19.4. The normalized spacial score (nSPS) is 12.3. The highest BCUT2D eigenvalue weighted by molar-refractivity contribution is 5.94. The average Bonchev–Trinajstić information content (AvgIpc) is 2.32. The predicted octanol–water partition coefficient (Wildman–Crippen LogP) is 3.92. The van der Waals surface area contributed by atoms with Crippen molar-refractivity contribution in [3.05, 3.63) is 35.1 Å².